The maximum Gasteiger partial charge on any atom is 0.264 e. The average Bonchev–Trinajstić information content (AvgIpc) is 3.15. The standard InChI is InChI=1S/C23H32N4O4S/c1-14-18-21(31-3)25-17(13-30-2)26-22(18)32-19(14)23(29)27-11-7-8-15(12-27)20(28)24-16-9-5-4-6-10-16/h15-16H,4-13H2,1-3H3,(H,24,28). The molecule has 2 fully saturated rings. The predicted molar refractivity (Wildman–Crippen MR) is 123 cm³/mol. The average molecular weight is 461 g/mol. The number of rotatable bonds is 6. The van der Waals surface area contributed by atoms with E-state index >= 15 is 0 Å². The Kier molecular flexibility index (Phi) is 7.25. The zero-order valence-corrected chi connectivity index (χ0v) is 19.9. The van der Waals surface area contributed by atoms with E-state index in [1.807, 2.05) is 11.8 Å². The molecule has 174 valence electrons. The van der Waals surface area contributed by atoms with Crippen molar-refractivity contribution in [3.63, 3.8) is 0 Å². The number of piperidine rings is 1. The fourth-order valence-corrected chi connectivity index (χ4v) is 5.93. The maximum atomic E-state index is 13.4. The van der Waals surface area contributed by atoms with Crippen LogP contribution in [0.2, 0.25) is 0 Å². The summed E-state index contributed by atoms with van der Waals surface area (Å²) >= 11 is 1.35. The van der Waals surface area contributed by atoms with Gasteiger partial charge in [0, 0.05) is 26.2 Å². The van der Waals surface area contributed by atoms with Gasteiger partial charge in [-0.2, -0.15) is 4.98 Å². The van der Waals surface area contributed by atoms with Gasteiger partial charge in [0.05, 0.1) is 23.3 Å². The number of aryl methyl sites for hydroxylation is 1. The number of aromatic nitrogens is 2. The molecule has 0 aromatic carbocycles. The van der Waals surface area contributed by atoms with Gasteiger partial charge >= 0.3 is 0 Å². The second-order valence-electron chi connectivity index (χ2n) is 8.75. The Morgan fingerprint density at radius 2 is 1.91 bits per heavy atom. The van der Waals surface area contributed by atoms with Crippen molar-refractivity contribution in [3.05, 3.63) is 16.3 Å². The Hall–Kier alpha value is -2.26. The van der Waals surface area contributed by atoms with Crippen molar-refractivity contribution in [3.8, 4) is 5.88 Å². The number of methoxy groups -OCH3 is 2. The van der Waals surface area contributed by atoms with Gasteiger partial charge in [0.25, 0.3) is 5.91 Å². The van der Waals surface area contributed by atoms with Crippen LogP contribution in [0.3, 0.4) is 0 Å². The SMILES string of the molecule is COCc1nc(OC)c2c(C)c(C(=O)N3CCCC(C(=O)NC4CCCCC4)C3)sc2n1. The molecule has 0 bridgehead atoms. The Labute approximate surface area is 192 Å². The van der Waals surface area contributed by atoms with Crippen LogP contribution in [0.5, 0.6) is 5.88 Å². The van der Waals surface area contributed by atoms with Crippen LogP contribution in [-0.2, 0) is 16.1 Å². The molecule has 9 heteroatoms. The number of thiophene rings is 1. The molecule has 3 heterocycles. The van der Waals surface area contributed by atoms with Crippen LogP contribution in [0.15, 0.2) is 0 Å². The first-order chi connectivity index (χ1) is 15.5. The van der Waals surface area contributed by atoms with Crippen LogP contribution in [0.4, 0.5) is 0 Å². The molecule has 0 spiro atoms. The van der Waals surface area contributed by atoms with E-state index in [0.29, 0.717) is 40.5 Å². The summed E-state index contributed by atoms with van der Waals surface area (Å²) in [5.74, 6) is 0.884. The van der Waals surface area contributed by atoms with Gasteiger partial charge in [0.2, 0.25) is 11.8 Å². The molecule has 8 nitrogen and oxygen atoms in total. The minimum Gasteiger partial charge on any atom is -0.480 e. The summed E-state index contributed by atoms with van der Waals surface area (Å²) in [6.45, 7) is 3.31. The molecule has 1 N–H and O–H groups in total. The van der Waals surface area contributed by atoms with Crippen molar-refractivity contribution in [2.75, 3.05) is 27.3 Å². The fraction of sp³-hybridized carbons (Fsp3) is 0.652. The minimum atomic E-state index is -0.146. The molecule has 1 aliphatic heterocycles. The maximum absolute atomic E-state index is 13.4. The molecule has 1 saturated heterocycles. The van der Waals surface area contributed by atoms with E-state index in [4.69, 9.17) is 9.47 Å². The molecule has 0 radical (unpaired) electrons. The smallest absolute Gasteiger partial charge is 0.264 e. The highest BCUT2D eigenvalue weighted by atomic mass is 32.1. The van der Waals surface area contributed by atoms with E-state index < -0.39 is 0 Å². The number of amides is 2. The Morgan fingerprint density at radius 3 is 2.62 bits per heavy atom. The van der Waals surface area contributed by atoms with Crippen molar-refractivity contribution in [1.29, 1.82) is 0 Å². The van der Waals surface area contributed by atoms with Gasteiger partial charge in [-0.15, -0.1) is 11.3 Å². The molecule has 4 rings (SSSR count). The molecule has 1 unspecified atom stereocenters. The third kappa shape index (κ3) is 4.73. The van der Waals surface area contributed by atoms with E-state index in [9.17, 15) is 9.59 Å². The summed E-state index contributed by atoms with van der Waals surface area (Å²) in [7, 11) is 3.16. The molecular formula is C23H32N4O4S. The quantitative estimate of drug-likeness (QED) is 0.710. The lowest BCUT2D eigenvalue weighted by Crippen LogP contribution is -2.47. The normalized spacial score (nSPS) is 19.8. The van der Waals surface area contributed by atoms with Gasteiger partial charge in [-0.1, -0.05) is 19.3 Å². The van der Waals surface area contributed by atoms with Crippen molar-refractivity contribution >= 4 is 33.4 Å². The number of nitrogens with one attached hydrogen (secondary N) is 1. The number of carbonyl (C=O) groups is 2. The summed E-state index contributed by atoms with van der Waals surface area (Å²) in [6, 6.07) is 0.291. The van der Waals surface area contributed by atoms with Crippen LogP contribution in [0.1, 0.15) is 66.0 Å². The topological polar surface area (TPSA) is 93.7 Å². The third-order valence-corrected chi connectivity index (χ3v) is 7.67. The molecular weight excluding hydrogens is 428 g/mol. The monoisotopic (exact) mass is 460 g/mol. The van der Waals surface area contributed by atoms with Gasteiger partial charge in [0.15, 0.2) is 5.82 Å². The number of nitrogens with zero attached hydrogens (tertiary/aromatic N) is 3. The Morgan fingerprint density at radius 1 is 1.12 bits per heavy atom. The second-order valence-corrected chi connectivity index (χ2v) is 9.75. The third-order valence-electron chi connectivity index (χ3n) is 6.50. The highest BCUT2D eigenvalue weighted by Crippen LogP contribution is 2.36. The highest BCUT2D eigenvalue weighted by molar-refractivity contribution is 7.20. The van der Waals surface area contributed by atoms with Crippen LogP contribution in [-0.4, -0.2) is 60.0 Å². The first-order valence-electron chi connectivity index (χ1n) is 11.4. The van der Waals surface area contributed by atoms with E-state index in [-0.39, 0.29) is 24.3 Å². The van der Waals surface area contributed by atoms with Gasteiger partial charge in [-0.25, -0.2) is 4.98 Å². The zero-order chi connectivity index (χ0) is 22.7. The summed E-state index contributed by atoms with van der Waals surface area (Å²) in [4.78, 5) is 38.5. The molecule has 2 aromatic heterocycles. The second kappa shape index (κ2) is 10.1. The molecule has 1 saturated carbocycles. The molecule has 2 amide bonds. The first kappa shape index (κ1) is 22.9. The molecule has 1 aliphatic carbocycles. The predicted octanol–water partition coefficient (Wildman–Crippen LogP) is 3.46. The molecule has 2 aromatic rings. The van der Waals surface area contributed by atoms with E-state index in [1.54, 1.807) is 14.2 Å². The van der Waals surface area contributed by atoms with Crippen LogP contribution < -0.4 is 10.1 Å². The largest absolute Gasteiger partial charge is 0.480 e. The summed E-state index contributed by atoms with van der Waals surface area (Å²) in [6.07, 6.45) is 7.42. The Balaban J connectivity index is 1.51. The van der Waals surface area contributed by atoms with Crippen molar-refractivity contribution in [1.82, 2.24) is 20.2 Å². The number of hydrogen-bond acceptors (Lipinski definition) is 7. The minimum absolute atomic E-state index is 0.0454. The lowest BCUT2D eigenvalue weighted by atomic mass is 9.93. The molecule has 32 heavy (non-hydrogen) atoms. The molecule has 2 aliphatic rings. The van der Waals surface area contributed by atoms with Gasteiger partial charge < -0.3 is 19.7 Å². The summed E-state index contributed by atoms with van der Waals surface area (Å²) < 4.78 is 10.6. The van der Waals surface area contributed by atoms with Gasteiger partial charge in [-0.05, 0) is 38.2 Å². The van der Waals surface area contributed by atoms with E-state index in [0.717, 1.165) is 36.6 Å². The van der Waals surface area contributed by atoms with Crippen molar-refractivity contribution in [2.24, 2.45) is 5.92 Å². The van der Waals surface area contributed by atoms with Crippen molar-refractivity contribution < 1.29 is 19.1 Å². The number of hydrogen-bond donors (Lipinski definition) is 1. The number of fused-ring (bicyclic) bond motifs is 1. The zero-order valence-electron chi connectivity index (χ0n) is 19.1. The summed E-state index contributed by atoms with van der Waals surface area (Å²) in [5.41, 5.74) is 0.824. The fourth-order valence-electron chi connectivity index (χ4n) is 4.77. The van der Waals surface area contributed by atoms with Crippen LogP contribution >= 0.6 is 11.3 Å². The lowest BCUT2D eigenvalue weighted by molar-refractivity contribution is -0.127. The highest BCUT2D eigenvalue weighted by Gasteiger charge is 2.32. The van der Waals surface area contributed by atoms with E-state index in [1.165, 1.54) is 30.6 Å². The number of ether oxygens (including phenoxy) is 2. The van der Waals surface area contributed by atoms with E-state index in [2.05, 4.69) is 15.3 Å². The molecule has 1 atom stereocenters. The van der Waals surface area contributed by atoms with Gasteiger partial charge in [0.1, 0.15) is 11.4 Å². The number of carbonyl (C=O) groups excluding carboxylic acids is 2. The Bertz CT molecular complexity index is 986. The summed E-state index contributed by atoms with van der Waals surface area (Å²) in [5, 5.41) is 4.00. The van der Waals surface area contributed by atoms with Crippen LogP contribution in [0.25, 0.3) is 10.2 Å². The first-order valence-corrected chi connectivity index (χ1v) is 12.3. The van der Waals surface area contributed by atoms with Crippen LogP contribution in [0, 0.1) is 12.8 Å². The number of likely N-dealkylation sites (tertiary alicyclic amines) is 1. The lowest BCUT2D eigenvalue weighted by Gasteiger charge is -2.33. The van der Waals surface area contributed by atoms with Crippen molar-refractivity contribution in [2.45, 2.75) is 64.5 Å². The van der Waals surface area contributed by atoms with Gasteiger partial charge in [-0.3, -0.25) is 9.59 Å².